The average Bonchev–Trinajstić information content (AvgIpc) is 2.61. The van der Waals surface area contributed by atoms with Gasteiger partial charge in [-0.05, 0) is 49.2 Å². The van der Waals surface area contributed by atoms with Crippen LogP contribution in [0.4, 0.5) is 5.69 Å². The Morgan fingerprint density at radius 1 is 0.920 bits per heavy atom. The Labute approximate surface area is 158 Å². The van der Waals surface area contributed by atoms with Gasteiger partial charge >= 0.3 is 0 Å². The van der Waals surface area contributed by atoms with Gasteiger partial charge in [-0.1, -0.05) is 64.0 Å². The summed E-state index contributed by atoms with van der Waals surface area (Å²) in [6.07, 6.45) is 0. The fourth-order valence-electron chi connectivity index (χ4n) is 2.63. The van der Waals surface area contributed by atoms with E-state index in [0.29, 0.717) is 13.2 Å². The minimum Gasteiger partial charge on any atom is -0.489 e. The van der Waals surface area contributed by atoms with Crippen LogP contribution in [-0.2, 0) is 13.2 Å². The number of para-hydroxylation sites is 1. The molecule has 0 aliphatic carbocycles. The highest BCUT2D eigenvalue weighted by molar-refractivity contribution is 9.10. The van der Waals surface area contributed by atoms with Crippen molar-refractivity contribution in [1.82, 2.24) is 0 Å². The number of nitrogens with one attached hydrogen (secondary N) is 1. The third kappa shape index (κ3) is 4.86. The van der Waals surface area contributed by atoms with Gasteiger partial charge in [-0.15, -0.1) is 0 Å². The fraction of sp³-hybridized carbons (Fsp3) is 0.182. The van der Waals surface area contributed by atoms with Crippen LogP contribution >= 0.6 is 15.9 Å². The maximum absolute atomic E-state index is 6.08. The van der Waals surface area contributed by atoms with Gasteiger partial charge in [-0.25, -0.2) is 0 Å². The molecular weight excluding hydrogens is 374 g/mol. The topological polar surface area (TPSA) is 21.3 Å². The summed E-state index contributed by atoms with van der Waals surface area (Å²) in [5, 5.41) is 3.50. The number of benzene rings is 3. The second-order valence-corrected chi connectivity index (χ2v) is 7.11. The van der Waals surface area contributed by atoms with E-state index in [9.17, 15) is 0 Å². The molecule has 25 heavy (non-hydrogen) atoms. The van der Waals surface area contributed by atoms with Crippen LogP contribution in [0.1, 0.15) is 22.3 Å². The Bertz CT molecular complexity index is 843. The molecule has 0 aliphatic rings. The van der Waals surface area contributed by atoms with Crippen molar-refractivity contribution in [2.75, 3.05) is 5.32 Å². The zero-order valence-corrected chi connectivity index (χ0v) is 16.1. The zero-order chi connectivity index (χ0) is 17.6. The van der Waals surface area contributed by atoms with E-state index in [-0.39, 0.29) is 0 Å². The van der Waals surface area contributed by atoms with Crippen LogP contribution in [-0.4, -0.2) is 0 Å². The predicted molar refractivity (Wildman–Crippen MR) is 108 cm³/mol. The minimum absolute atomic E-state index is 0.569. The number of aryl methyl sites for hydroxylation is 2. The molecule has 0 aliphatic heterocycles. The Morgan fingerprint density at radius 2 is 1.68 bits per heavy atom. The third-order valence-electron chi connectivity index (χ3n) is 4.15. The lowest BCUT2D eigenvalue weighted by Gasteiger charge is -2.15. The summed E-state index contributed by atoms with van der Waals surface area (Å²) in [6.45, 7) is 5.49. The molecule has 0 heterocycles. The molecular formula is C22H22BrNO. The lowest BCUT2D eigenvalue weighted by atomic mass is 10.1. The molecule has 3 rings (SSSR count). The highest BCUT2D eigenvalue weighted by Crippen LogP contribution is 2.26. The van der Waals surface area contributed by atoms with Gasteiger partial charge in [0.25, 0.3) is 0 Å². The molecule has 3 aromatic rings. The van der Waals surface area contributed by atoms with E-state index in [2.05, 4.69) is 83.6 Å². The SMILES string of the molecule is Cc1ccc(COc2ccc(Br)cc2CNc2ccccc2C)cc1. The second kappa shape index (κ2) is 8.21. The molecule has 0 aromatic heterocycles. The number of rotatable bonds is 6. The number of hydrogen-bond donors (Lipinski definition) is 1. The van der Waals surface area contributed by atoms with Crippen LogP contribution in [0.15, 0.2) is 71.2 Å². The molecule has 0 spiro atoms. The largest absolute Gasteiger partial charge is 0.489 e. The molecule has 128 valence electrons. The number of anilines is 1. The van der Waals surface area contributed by atoms with E-state index in [0.717, 1.165) is 21.5 Å². The first-order chi connectivity index (χ1) is 12.1. The first kappa shape index (κ1) is 17.6. The highest BCUT2D eigenvalue weighted by Gasteiger charge is 2.06. The van der Waals surface area contributed by atoms with Crippen molar-refractivity contribution in [2.24, 2.45) is 0 Å². The molecule has 1 N–H and O–H groups in total. The lowest BCUT2D eigenvalue weighted by molar-refractivity contribution is 0.303. The van der Waals surface area contributed by atoms with Crippen molar-refractivity contribution in [3.05, 3.63) is 93.5 Å². The zero-order valence-electron chi connectivity index (χ0n) is 14.6. The number of ether oxygens (including phenoxy) is 1. The summed E-state index contributed by atoms with van der Waals surface area (Å²) < 4.78 is 7.13. The number of hydrogen-bond acceptors (Lipinski definition) is 2. The van der Waals surface area contributed by atoms with Crippen LogP contribution in [0.25, 0.3) is 0 Å². The maximum atomic E-state index is 6.08. The molecule has 0 bridgehead atoms. The van der Waals surface area contributed by atoms with Gasteiger partial charge in [0.05, 0.1) is 0 Å². The van der Waals surface area contributed by atoms with Crippen LogP contribution in [0.2, 0.25) is 0 Å². The molecule has 0 radical (unpaired) electrons. The standard InChI is InChI=1S/C22H22BrNO/c1-16-7-9-18(10-8-16)15-25-22-12-11-20(23)13-19(22)14-24-21-6-4-3-5-17(21)2/h3-13,24H,14-15H2,1-2H3. The molecule has 0 saturated carbocycles. The normalized spacial score (nSPS) is 10.5. The number of halogens is 1. The van der Waals surface area contributed by atoms with Crippen molar-refractivity contribution < 1.29 is 4.74 Å². The molecule has 0 amide bonds. The van der Waals surface area contributed by atoms with E-state index in [1.165, 1.54) is 16.7 Å². The molecule has 0 atom stereocenters. The predicted octanol–water partition coefficient (Wildman–Crippen LogP) is 6.26. The summed E-state index contributed by atoms with van der Waals surface area (Å²) >= 11 is 3.56. The first-order valence-electron chi connectivity index (χ1n) is 8.38. The van der Waals surface area contributed by atoms with Gasteiger partial charge < -0.3 is 10.1 Å². The Kier molecular flexibility index (Phi) is 5.77. The smallest absolute Gasteiger partial charge is 0.124 e. The van der Waals surface area contributed by atoms with Crippen molar-refractivity contribution in [2.45, 2.75) is 27.0 Å². The van der Waals surface area contributed by atoms with Crippen LogP contribution in [0, 0.1) is 13.8 Å². The molecule has 2 nitrogen and oxygen atoms in total. The quantitative estimate of drug-likeness (QED) is 0.531. The average molecular weight is 396 g/mol. The van der Waals surface area contributed by atoms with Gasteiger partial charge in [-0.3, -0.25) is 0 Å². The monoisotopic (exact) mass is 395 g/mol. The minimum atomic E-state index is 0.569. The van der Waals surface area contributed by atoms with Crippen molar-refractivity contribution in [3.63, 3.8) is 0 Å². The first-order valence-corrected chi connectivity index (χ1v) is 9.17. The summed E-state index contributed by atoms with van der Waals surface area (Å²) in [5.74, 6) is 0.907. The lowest BCUT2D eigenvalue weighted by Crippen LogP contribution is -2.04. The molecule has 0 unspecified atom stereocenters. The van der Waals surface area contributed by atoms with Gasteiger partial charge in [0.1, 0.15) is 12.4 Å². The van der Waals surface area contributed by atoms with Crippen molar-refractivity contribution in [3.8, 4) is 5.75 Å². The van der Waals surface area contributed by atoms with Crippen molar-refractivity contribution in [1.29, 1.82) is 0 Å². The molecule has 0 saturated heterocycles. The van der Waals surface area contributed by atoms with E-state index >= 15 is 0 Å². The Balaban J connectivity index is 1.71. The van der Waals surface area contributed by atoms with Crippen molar-refractivity contribution >= 4 is 21.6 Å². The maximum Gasteiger partial charge on any atom is 0.124 e. The summed E-state index contributed by atoms with van der Waals surface area (Å²) in [7, 11) is 0. The second-order valence-electron chi connectivity index (χ2n) is 6.19. The van der Waals surface area contributed by atoms with Gasteiger partial charge in [0.2, 0.25) is 0 Å². The Hall–Kier alpha value is -2.26. The van der Waals surface area contributed by atoms with Gasteiger partial charge in [0.15, 0.2) is 0 Å². The van der Waals surface area contributed by atoms with Crippen LogP contribution < -0.4 is 10.1 Å². The van der Waals surface area contributed by atoms with Crippen LogP contribution in [0.5, 0.6) is 5.75 Å². The Morgan fingerprint density at radius 3 is 2.44 bits per heavy atom. The summed E-state index contributed by atoms with van der Waals surface area (Å²) in [4.78, 5) is 0. The van der Waals surface area contributed by atoms with E-state index in [1.54, 1.807) is 0 Å². The van der Waals surface area contributed by atoms with E-state index in [4.69, 9.17) is 4.74 Å². The van der Waals surface area contributed by atoms with Gasteiger partial charge in [0, 0.05) is 22.3 Å². The van der Waals surface area contributed by atoms with E-state index < -0.39 is 0 Å². The van der Waals surface area contributed by atoms with Gasteiger partial charge in [-0.2, -0.15) is 0 Å². The molecule has 0 fully saturated rings. The fourth-order valence-corrected chi connectivity index (χ4v) is 3.04. The summed E-state index contributed by atoms with van der Waals surface area (Å²) in [6, 6.07) is 22.9. The highest BCUT2D eigenvalue weighted by atomic mass is 79.9. The molecule has 3 aromatic carbocycles. The van der Waals surface area contributed by atoms with Crippen LogP contribution in [0.3, 0.4) is 0 Å². The molecule has 3 heteroatoms. The third-order valence-corrected chi connectivity index (χ3v) is 4.65. The van der Waals surface area contributed by atoms with E-state index in [1.807, 2.05) is 18.2 Å². The summed E-state index contributed by atoms with van der Waals surface area (Å²) in [5.41, 5.74) is 5.94.